The summed E-state index contributed by atoms with van der Waals surface area (Å²) in [7, 11) is 4.94. The van der Waals surface area contributed by atoms with Gasteiger partial charge in [-0.15, -0.1) is 0 Å². The number of carbonyl (C=O) groups excluding carboxylic acids is 1. The van der Waals surface area contributed by atoms with E-state index in [9.17, 15) is 4.79 Å². The standard InChI is InChI=1S/C20H22N4O3S/c1-12(19(25)22-16-11-13(26-3)9-10-17(16)27-4)28-20-23-15-8-6-5-7-14(15)18(21-2)24-20/h5-12H,1-4H3,(H,22,25)(H,21,23,24). The highest BCUT2D eigenvalue weighted by molar-refractivity contribution is 8.00. The van der Waals surface area contributed by atoms with Crippen molar-refractivity contribution in [3.05, 3.63) is 42.5 Å². The zero-order chi connectivity index (χ0) is 20.1. The van der Waals surface area contributed by atoms with Gasteiger partial charge in [-0.05, 0) is 31.2 Å². The van der Waals surface area contributed by atoms with Gasteiger partial charge >= 0.3 is 0 Å². The minimum Gasteiger partial charge on any atom is -0.497 e. The predicted octanol–water partition coefficient (Wildman–Crippen LogP) is 3.81. The van der Waals surface area contributed by atoms with Crippen molar-refractivity contribution >= 4 is 40.1 Å². The van der Waals surface area contributed by atoms with Crippen molar-refractivity contribution in [2.75, 3.05) is 31.9 Å². The average Bonchev–Trinajstić information content (AvgIpc) is 2.72. The second-order valence-corrected chi connectivity index (χ2v) is 7.25. The van der Waals surface area contributed by atoms with Gasteiger partial charge in [0.05, 0.1) is 30.7 Å². The molecule has 1 aromatic heterocycles. The Bertz CT molecular complexity index is 996. The average molecular weight is 398 g/mol. The van der Waals surface area contributed by atoms with E-state index in [-0.39, 0.29) is 5.91 Å². The third kappa shape index (κ3) is 4.28. The topological polar surface area (TPSA) is 85.4 Å². The molecular formula is C20H22N4O3S. The molecule has 2 N–H and O–H groups in total. The van der Waals surface area contributed by atoms with Crippen molar-refractivity contribution < 1.29 is 14.3 Å². The molecule has 3 aromatic rings. The summed E-state index contributed by atoms with van der Waals surface area (Å²) in [5.41, 5.74) is 1.38. The van der Waals surface area contributed by atoms with Crippen LogP contribution in [0.5, 0.6) is 11.5 Å². The van der Waals surface area contributed by atoms with Crippen LogP contribution < -0.4 is 20.1 Å². The van der Waals surface area contributed by atoms with E-state index in [1.807, 2.05) is 38.2 Å². The molecule has 0 aliphatic rings. The zero-order valence-corrected chi connectivity index (χ0v) is 17.0. The second-order valence-electron chi connectivity index (χ2n) is 5.94. The number of hydrogen-bond donors (Lipinski definition) is 2. The van der Waals surface area contributed by atoms with E-state index >= 15 is 0 Å². The molecule has 0 saturated heterocycles. The summed E-state index contributed by atoms with van der Waals surface area (Å²) in [5.74, 6) is 1.74. The fraction of sp³-hybridized carbons (Fsp3) is 0.250. The number of benzene rings is 2. The first kappa shape index (κ1) is 19.8. The lowest BCUT2D eigenvalue weighted by atomic mass is 10.2. The number of amides is 1. The number of hydrogen-bond acceptors (Lipinski definition) is 7. The number of anilines is 2. The lowest BCUT2D eigenvalue weighted by Gasteiger charge is -2.15. The fourth-order valence-electron chi connectivity index (χ4n) is 2.66. The maximum absolute atomic E-state index is 12.7. The van der Waals surface area contributed by atoms with Crippen molar-refractivity contribution in [1.82, 2.24) is 9.97 Å². The summed E-state index contributed by atoms with van der Waals surface area (Å²) in [4.78, 5) is 21.8. The van der Waals surface area contributed by atoms with Gasteiger partial charge in [-0.1, -0.05) is 23.9 Å². The summed E-state index contributed by atoms with van der Waals surface area (Å²) in [6, 6.07) is 13.0. The molecular weight excluding hydrogens is 376 g/mol. The summed E-state index contributed by atoms with van der Waals surface area (Å²) in [6.07, 6.45) is 0. The summed E-state index contributed by atoms with van der Waals surface area (Å²) < 4.78 is 10.5. The van der Waals surface area contributed by atoms with Crippen LogP contribution in [0.4, 0.5) is 11.5 Å². The van der Waals surface area contributed by atoms with Gasteiger partial charge < -0.3 is 20.1 Å². The van der Waals surface area contributed by atoms with E-state index in [1.165, 1.54) is 11.8 Å². The van der Waals surface area contributed by atoms with Crippen LogP contribution in [0.1, 0.15) is 6.92 Å². The third-order valence-electron chi connectivity index (χ3n) is 4.14. The highest BCUT2D eigenvalue weighted by Crippen LogP contribution is 2.31. The van der Waals surface area contributed by atoms with E-state index in [0.717, 1.165) is 16.7 Å². The van der Waals surface area contributed by atoms with Crippen LogP contribution in [-0.2, 0) is 4.79 Å². The Hall–Kier alpha value is -3.00. The van der Waals surface area contributed by atoms with Crippen molar-refractivity contribution in [2.24, 2.45) is 0 Å². The molecule has 146 valence electrons. The first-order chi connectivity index (χ1) is 13.5. The number of para-hydroxylation sites is 1. The van der Waals surface area contributed by atoms with E-state index < -0.39 is 5.25 Å². The molecule has 1 unspecified atom stereocenters. The smallest absolute Gasteiger partial charge is 0.237 e. The Morgan fingerprint density at radius 1 is 1.11 bits per heavy atom. The van der Waals surface area contributed by atoms with E-state index in [0.29, 0.717) is 22.3 Å². The SMILES string of the molecule is CNc1nc(SC(C)C(=O)Nc2cc(OC)ccc2OC)nc2ccccc12. The molecule has 0 spiro atoms. The van der Waals surface area contributed by atoms with E-state index in [4.69, 9.17) is 9.47 Å². The van der Waals surface area contributed by atoms with Gasteiger partial charge in [-0.2, -0.15) is 0 Å². The maximum Gasteiger partial charge on any atom is 0.237 e. The van der Waals surface area contributed by atoms with Gasteiger partial charge in [0.1, 0.15) is 17.3 Å². The number of methoxy groups -OCH3 is 2. The quantitative estimate of drug-likeness (QED) is 0.462. The van der Waals surface area contributed by atoms with Gasteiger partial charge in [-0.25, -0.2) is 9.97 Å². The normalized spacial score (nSPS) is 11.7. The highest BCUT2D eigenvalue weighted by atomic mass is 32.2. The van der Waals surface area contributed by atoms with Crippen molar-refractivity contribution in [2.45, 2.75) is 17.3 Å². The van der Waals surface area contributed by atoms with Crippen LogP contribution in [0.15, 0.2) is 47.6 Å². The van der Waals surface area contributed by atoms with E-state index in [1.54, 1.807) is 32.4 Å². The predicted molar refractivity (Wildman–Crippen MR) is 113 cm³/mol. The molecule has 2 aromatic carbocycles. The Balaban J connectivity index is 1.79. The van der Waals surface area contributed by atoms with Crippen molar-refractivity contribution in [1.29, 1.82) is 0 Å². The fourth-order valence-corrected chi connectivity index (χ4v) is 3.43. The number of thioether (sulfide) groups is 1. The van der Waals surface area contributed by atoms with Crippen molar-refractivity contribution in [3.8, 4) is 11.5 Å². The lowest BCUT2D eigenvalue weighted by molar-refractivity contribution is -0.115. The van der Waals surface area contributed by atoms with Gasteiger partial charge in [0.2, 0.25) is 5.91 Å². The molecule has 1 heterocycles. The number of aromatic nitrogens is 2. The second kappa shape index (κ2) is 8.79. The molecule has 0 saturated carbocycles. The number of nitrogens with one attached hydrogen (secondary N) is 2. The molecule has 28 heavy (non-hydrogen) atoms. The Morgan fingerprint density at radius 3 is 2.61 bits per heavy atom. The monoisotopic (exact) mass is 398 g/mol. The molecule has 8 heteroatoms. The molecule has 0 radical (unpaired) electrons. The van der Waals surface area contributed by atoms with Crippen molar-refractivity contribution in [3.63, 3.8) is 0 Å². The van der Waals surface area contributed by atoms with Crippen LogP contribution in [-0.4, -0.2) is 42.4 Å². The third-order valence-corrected chi connectivity index (χ3v) is 5.10. The largest absolute Gasteiger partial charge is 0.497 e. The number of fused-ring (bicyclic) bond motifs is 1. The molecule has 0 aliphatic heterocycles. The van der Waals surface area contributed by atoms with Gasteiger partial charge in [0.25, 0.3) is 0 Å². The van der Waals surface area contributed by atoms with Gasteiger partial charge in [-0.3, -0.25) is 4.79 Å². The minimum absolute atomic E-state index is 0.181. The van der Waals surface area contributed by atoms with Crippen LogP contribution >= 0.6 is 11.8 Å². The summed E-state index contributed by atoms with van der Waals surface area (Å²) in [5, 5.41) is 7.02. The molecule has 0 aliphatic carbocycles. The Labute approximate surface area is 167 Å². The van der Waals surface area contributed by atoms with Crippen LogP contribution in [0.25, 0.3) is 10.9 Å². The molecule has 0 fully saturated rings. The first-order valence-corrected chi connectivity index (χ1v) is 9.57. The number of carbonyl (C=O) groups is 1. The van der Waals surface area contributed by atoms with Crippen LogP contribution in [0, 0.1) is 0 Å². The maximum atomic E-state index is 12.7. The number of ether oxygens (including phenoxy) is 2. The Kier molecular flexibility index (Phi) is 6.20. The highest BCUT2D eigenvalue weighted by Gasteiger charge is 2.19. The summed E-state index contributed by atoms with van der Waals surface area (Å²) in [6.45, 7) is 1.81. The molecule has 1 amide bonds. The van der Waals surface area contributed by atoms with E-state index in [2.05, 4.69) is 20.6 Å². The zero-order valence-electron chi connectivity index (χ0n) is 16.1. The Morgan fingerprint density at radius 2 is 1.89 bits per heavy atom. The van der Waals surface area contributed by atoms with Gasteiger partial charge in [0, 0.05) is 18.5 Å². The molecule has 3 rings (SSSR count). The molecule has 1 atom stereocenters. The summed E-state index contributed by atoms with van der Waals surface area (Å²) >= 11 is 1.29. The number of rotatable bonds is 7. The molecule has 7 nitrogen and oxygen atoms in total. The van der Waals surface area contributed by atoms with Crippen LogP contribution in [0.3, 0.4) is 0 Å². The lowest BCUT2D eigenvalue weighted by Crippen LogP contribution is -2.23. The minimum atomic E-state index is -0.415. The number of nitrogens with zero attached hydrogens (tertiary/aromatic N) is 2. The van der Waals surface area contributed by atoms with Crippen LogP contribution in [0.2, 0.25) is 0 Å². The molecule has 0 bridgehead atoms. The first-order valence-electron chi connectivity index (χ1n) is 8.69. The van der Waals surface area contributed by atoms with Gasteiger partial charge in [0.15, 0.2) is 5.16 Å².